The Morgan fingerprint density at radius 3 is 2.79 bits per heavy atom. The minimum absolute atomic E-state index is 0.140. The highest BCUT2D eigenvalue weighted by molar-refractivity contribution is 6.31. The molecule has 0 aliphatic carbocycles. The number of nitrogens with zero attached hydrogens (tertiary/aromatic N) is 1. The van der Waals surface area contributed by atoms with Gasteiger partial charge < -0.3 is 10.5 Å². The van der Waals surface area contributed by atoms with Crippen molar-refractivity contribution in [3.05, 3.63) is 57.8 Å². The fourth-order valence-electron chi connectivity index (χ4n) is 1.49. The summed E-state index contributed by atoms with van der Waals surface area (Å²) in [7, 11) is 0. The number of halogens is 2. The number of carbonyl (C=O) groups excluding carboxylic acids is 1. The van der Waals surface area contributed by atoms with E-state index in [2.05, 4.69) is 4.98 Å². The molecule has 2 aromatic rings. The van der Waals surface area contributed by atoms with Crippen LogP contribution in [0.1, 0.15) is 16.1 Å². The molecule has 2 rings (SSSR count). The van der Waals surface area contributed by atoms with Gasteiger partial charge in [-0.05, 0) is 30.3 Å². The van der Waals surface area contributed by atoms with Crippen LogP contribution in [0.25, 0.3) is 0 Å². The van der Waals surface area contributed by atoms with Crippen molar-refractivity contribution in [2.45, 2.75) is 6.61 Å². The van der Waals surface area contributed by atoms with Crippen LogP contribution in [0.3, 0.4) is 0 Å². The van der Waals surface area contributed by atoms with Gasteiger partial charge in [0.15, 0.2) is 0 Å². The van der Waals surface area contributed by atoms with Crippen LogP contribution < -0.4 is 10.5 Å². The third kappa shape index (κ3) is 3.36. The lowest BCUT2D eigenvalue weighted by atomic mass is 10.2. The first-order valence-electron chi connectivity index (χ1n) is 5.39. The maximum atomic E-state index is 11.3. The van der Waals surface area contributed by atoms with Crippen LogP contribution >= 0.6 is 23.2 Å². The molecule has 1 aromatic heterocycles. The van der Waals surface area contributed by atoms with E-state index in [1.807, 2.05) is 0 Å². The van der Waals surface area contributed by atoms with E-state index in [9.17, 15) is 4.79 Å². The molecule has 0 saturated heterocycles. The number of rotatable bonds is 4. The van der Waals surface area contributed by atoms with Crippen molar-refractivity contribution in [1.29, 1.82) is 0 Å². The first-order chi connectivity index (χ1) is 9.08. The maximum Gasteiger partial charge on any atom is 0.252 e. The van der Waals surface area contributed by atoms with E-state index in [4.69, 9.17) is 33.7 Å². The first kappa shape index (κ1) is 13.6. The van der Waals surface area contributed by atoms with Crippen LogP contribution in [0.2, 0.25) is 10.0 Å². The zero-order chi connectivity index (χ0) is 13.8. The highest BCUT2D eigenvalue weighted by Gasteiger charge is 2.11. The van der Waals surface area contributed by atoms with Crippen LogP contribution in [0.15, 0.2) is 36.5 Å². The molecule has 19 heavy (non-hydrogen) atoms. The summed E-state index contributed by atoms with van der Waals surface area (Å²) in [6.45, 7) is 0.140. The molecule has 0 unspecified atom stereocenters. The lowest BCUT2D eigenvalue weighted by Gasteiger charge is -2.10. The van der Waals surface area contributed by atoms with Crippen LogP contribution in [0.5, 0.6) is 5.75 Å². The zero-order valence-corrected chi connectivity index (χ0v) is 11.3. The zero-order valence-electron chi connectivity index (χ0n) is 9.77. The molecule has 0 saturated carbocycles. The van der Waals surface area contributed by atoms with Gasteiger partial charge in [0.25, 0.3) is 5.91 Å². The SMILES string of the molecule is NC(=O)c1cc(Cl)ccc1OCc1ncccc1Cl. The van der Waals surface area contributed by atoms with Gasteiger partial charge in [0, 0.05) is 11.2 Å². The van der Waals surface area contributed by atoms with E-state index >= 15 is 0 Å². The first-order valence-corrected chi connectivity index (χ1v) is 6.15. The number of hydrogen-bond donors (Lipinski definition) is 1. The van der Waals surface area contributed by atoms with Crippen LogP contribution in [0.4, 0.5) is 0 Å². The minimum Gasteiger partial charge on any atom is -0.486 e. The molecule has 0 radical (unpaired) electrons. The van der Waals surface area contributed by atoms with E-state index in [1.54, 1.807) is 30.5 Å². The van der Waals surface area contributed by atoms with Crippen molar-refractivity contribution in [2.75, 3.05) is 0 Å². The highest BCUT2D eigenvalue weighted by Crippen LogP contribution is 2.24. The summed E-state index contributed by atoms with van der Waals surface area (Å²) in [5, 5.41) is 0.911. The van der Waals surface area contributed by atoms with Gasteiger partial charge in [0.1, 0.15) is 12.4 Å². The lowest BCUT2D eigenvalue weighted by molar-refractivity contribution is 0.0996. The van der Waals surface area contributed by atoms with Crippen molar-refractivity contribution in [1.82, 2.24) is 4.98 Å². The van der Waals surface area contributed by atoms with Gasteiger partial charge in [-0.15, -0.1) is 0 Å². The molecular weight excluding hydrogens is 287 g/mol. The quantitative estimate of drug-likeness (QED) is 0.943. The maximum absolute atomic E-state index is 11.3. The smallest absolute Gasteiger partial charge is 0.252 e. The Morgan fingerprint density at radius 2 is 2.11 bits per heavy atom. The van der Waals surface area contributed by atoms with Gasteiger partial charge >= 0.3 is 0 Å². The second kappa shape index (κ2) is 5.91. The van der Waals surface area contributed by atoms with Crippen molar-refractivity contribution in [3.63, 3.8) is 0 Å². The second-order valence-electron chi connectivity index (χ2n) is 3.73. The molecule has 6 heteroatoms. The average Bonchev–Trinajstić information content (AvgIpc) is 2.38. The predicted octanol–water partition coefficient (Wildman–Crippen LogP) is 3.07. The molecule has 98 valence electrons. The molecule has 1 amide bonds. The number of ether oxygens (including phenoxy) is 1. The number of hydrogen-bond acceptors (Lipinski definition) is 3. The molecule has 0 aliphatic heterocycles. The van der Waals surface area contributed by atoms with E-state index in [1.165, 1.54) is 6.07 Å². The molecule has 0 atom stereocenters. The standard InChI is InChI=1S/C13H10Cl2N2O2/c14-8-3-4-12(9(6-8)13(16)18)19-7-11-10(15)2-1-5-17-11/h1-6H,7H2,(H2,16,18). The van der Waals surface area contributed by atoms with E-state index in [0.29, 0.717) is 21.5 Å². The summed E-state index contributed by atoms with van der Waals surface area (Å²) in [4.78, 5) is 15.4. The Hall–Kier alpha value is -1.78. The molecule has 0 spiro atoms. The van der Waals surface area contributed by atoms with Crippen LogP contribution in [-0.2, 0) is 6.61 Å². The summed E-state index contributed by atoms with van der Waals surface area (Å²) in [5.41, 5.74) is 6.06. The lowest BCUT2D eigenvalue weighted by Crippen LogP contribution is -2.13. The monoisotopic (exact) mass is 296 g/mol. The Balaban J connectivity index is 2.20. The Bertz CT molecular complexity index is 617. The molecule has 0 fully saturated rings. The minimum atomic E-state index is -0.607. The summed E-state index contributed by atoms with van der Waals surface area (Å²) < 4.78 is 5.51. The number of pyridine rings is 1. The molecule has 1 heterocycles. The average molecular weight is 297 g/mol. The third-order valence-electron chi connectivity index (χ3n) is 2.41. The number of benzene rings is 1. The fraction of sp³-hybridized carbons (Fsp3) is 0.0769. The van der Waals surface area contributed by atoms with E-state index in [0.717, 1.165) is 0 Å². The number of primary amides is 1. The largest absolute Gasteiger partial charge is 0.486 e. The van der Waals surface area contributed by atoms with Gasteiger partial charge in [0.2, 0.25) is 0 Å². The number of aromatic nitrogens is 1. The Morgan fingerprint density at radius 1 is 1.32 bits per heavy atom. The van der Waals surface area contributed by atoms with E-state index in [-0.39, 0.29) is 12.2 Å². The number of nitrogens with two attached hydrogens (primary N) is 1. The summed E-state index contributed by atoms with van der Waals surface area (Å²) in [6, 6.07) is 8.09. The second-order valence-corrected chi connectivity index (χ2v) is 4.57. The van der Waals surface area contributed by atoms with Gasteiger partial charge in [0.05, 0.1) is 16.3 Å². The molecular formula is C13H10Cl2N2O2. The molecule has 2 N–H and O–H groups in total. The Labute approximate surface area is 120 Å². The normalized spacial score (nSPS) is 10.2. The van der Waals surface area contributed by atoms with E-state index < -0.39 is 5.91 Å². The molecule has 1 aromatic carbocycles. The van der Waals surface area contributed by atoms with Crippen molar-refractivity contribution in [2.24, 2.45) is 5.73 Å². The van der Waals surface area contributed by atoms with Crippen molar-refractivity contribution >= 4 is 29.1 Å². The van der Waals surface area contributed by atoms with Gasteiger partial charge in [-0.2, -0.15) is 0 Å². The topological polar surface area (TPSA) is 65.2 Å². The number of amides is 1. The summed E-state index contributed by atoms with van der Waals surface area (Å²) in [5.74, 6) is -0.261. The number of carbonyl (C=O) groups is 1. The van der Waals surface area contributed by atoms with Crippen LogP contribution in [-0.4, -0.2) is 10.9 Å². The van der Waals surface area contributed by atoms with Crippen molar-refractivity contribution in [3.8, 4) is 5.75 Å². The highest BCUT2D eigenvalue weighted by atomic mass is 35.5. The third-order valence-corrected chi connectivity index (χ3v) is 2.99. The molecule has 0 aliphatic rings. The predicted molar refractivity (Wildman–Crippen MR) is 73.5 cm³/mol. The Kier molecular flexibility index (Phi) is 4.24. The molecule has 0 bridgehead atoms. The van der Waals surface area contributed by atoms with Gasteiger partial charge in [-0.25, -0.2) is 0 Å². The fourth-order valence-corrected chi connectivity index (χ4v) is 1.84. The van der Waals surface area contributed by atoms with Crippen LogP contribution in [0, 0.1) is 0 Å². The summed E-state index contributed by atoms with van der Waals surface area (Å²) >= 11 is 11.8. The van der Waals surface area contributed by atoms with Gasteiger partial charge in [-0.1, -0.05) is 23.2 Å². The molecule has 4 nitrogen and oxygen atoms in total. The van der Waals surface area contributed by atoms with Crippen molar-refractivity contribution < 1.29 is 9.53 Å². The van der Waals surface area contributed by atoms with Gasteiger partial charge in [-0.3, -0.25) is 9.78 Å². The summed E-state index contributed by atoms with van der Waals surface area (Å²) in [6.07, 6.45) is 1.61.